The average Bonchev–Trinajstić information content (AvgIpc) is 2.56. The van der Waals surface area contributed by atoms with Crippen LogP contribution >= 0.6 is 0 Å². The summed E-state index contributed by atoms with van der Waals surface area (Å²) in [6, 6.07) is 9.23. The highest BCUT2D eigenvalue weighted by molar-refractivity contribution is 5.99. The first kappa shape index (κ1) is 17.5. The Hall–Kier alpha value is -2.89. The molecule has 1 amide bonds. The molecule has 6 nitrogen and oxygen atoms in total. The van der Waals surface area contributed by atoms with Crippen molar-refractivity contribution in [3.05, 3.63) is 53.3 Å². The van der Waals surface area contributed by atoms with Crippen LogP contribution in [0, 0.1) is 6.92 Å². The Labute approximate surface area is 141 Å². The van der Waals surface area contributed by atoms with E-state index in [2.05, 4.69) is 15.5 Å². The monoisotopic (exact) mass is 327 g/mol. The van der Waals surface area contributed by atoms with E-state index >= 15 is 0 Å². The van der Waals surface area contributed by atoms with Gasteiger partial charge in [0, 0.05) is 30.4 Å². The number of hydrogen-bond acceptors (Lipinski definition) is 5. The van der Waals surface area contributed by atoms with E-state index in [1.807, 2.05) is 44.2 Å². The Bertz CT molecular complexity index is 740. The predicted molar refractivity (Wildman–Crippen MR) is 93.3 cm³/mol. The number of anilines is 1. The second-order valence-corrected chi connectivity index (χ2v) is 5.35. The van der Waals surface area contributed by atoms with E-state index in [0.717, 1.165) is 34.0 Å². The molecule has 0 saturated carbocycles. The van der Waals surface area contributed by atoms with E-state index in [-0.39, 0.29) is 12.5 Å². The molecule has 2 rings (SSSR count). The van der Waals surface area contributed by atoms with E-state index in [1.165, 1.54) is 6.92 Å². The van der Waals surface area contributed by atoms with Crippen molar-refractivity contribution in [2.75, 3.05) is 12.4 Å². The molecule has 2 aromatic rings. The predicted octanol–water partition coefficient (Wildman–Crippen LogP) is 3.30. The van der Waals surface area contributed by atoms with Gasteiger partial charge in [-0.2, -0.15) is 0 Å². The average molecular weight is 327 g/mol. The molecular formula is C18H21N3O3. The van der Waals surface area contributed by atoms with E-state index < -0.39 is 0 Å². The van der Waals surface area contributed by atoms with Gasteiger partial charge in [-0.3, -0.25) is 9.78 Å². The first-order valence-electron chi connectivity index (χ1n) is 7.53. The highest BCUT2D eigenvalue weighted by Crippen LogP contribution is 2.17. The minimum atomic E-state index is -0.0995. The molecule has 0 bridgehead atoms. The van der Waals surface area contributed by atoms with Gasteiger partial charge in [0.05, 0.1) is 18.5 Å². The SMILES string of the molecule is COc1cc(CO/N=C(/C)c2ccc(NC(C)=O)cc2)ncc1C. The smallest absolute Gasteiger partial charge is 0.221 e. The summed E-state index contributed by atoms with van der Waals surface area (Å²) in [5, 5.41) is 6.83. The number of carbonyl (C=O) groups is 1. The molecule has 6 heteroatoms. The van der Waals surface area contributed by atoms with Crippen LogP contribution < -0.4 is 10.1 Å². The molecule has 0 radical (unpaired) electrons. The van der Waals surface area contributed by atoms with Crippen molar-refractivity contribution in [1.82, 2.24) is 4.98 Å². The lowest BCUT2D eigenvalue weighted by Gasteiger charge is -2.07. The molecule has 0 aliphatic rings. The van der Waals surface area contributed by atoms with Gasteiger partial charge in [0.2, 0.25) is 5.91 Å². The third-order valence-electron chi connectivity index (χ3n) is 3.37. The molecule has 1 aromatic carbocycles. The Morgan fingerprint density at radius 3 is 2.58 bits per heavy atom. The zero-order valence-corrected chi connectivity index (χ0v) is 14.3. The third-order valence-corrected chi connectivity index (χ3v) is 3.37. The highest BCUT2D eigenvalue weighted by atomic mass is 16.6. The number of hydrogen-bond donors (Lipinski definition) is 1. The standard InChI is InChI=1S/C18H21N3O3/c1-12-10-19-17(9-18(12)23-4)11-24-21-13(2)15-5-7-16(8-6-15)20-14(3)22/h5-10H,11H2,1-4H3,(H,20,22)/b21-13-. The van der Waals surface area contributed by atoms with E-state index in [4.69, 9.17) is 9.57 Å². The molecule has 0 aliphatic carbocycles. The zero-order chi connectivity index (χ0) is 17.5. The molecule has 1 heterocycles. The van der Waals surface area contributed by atoms with Gasteiger partial charge < -0.3 is 14.9 Å². The largest absolute Gasteiger partial charge is 0.496 e. The molecule has 126 valence electrons. The number of aromatic nitrogens is 1. The second kappa shape index (κ2) is 8.10. The van der Waals surface area contributed by atoms with Gasteiger partial charge in [-0.15, -0.1) is 0 Å². The van der Waals surface area contributed by atoms with Gasteiger partial charge in [-0.1, -0.05) is 17.3 Å². The van der Waals surface area contributed by atoms with Crippen LogP contribution in [0.2, 0.25) is 0 Å². The minimum absolute atomic E-state index is 0.0995. The Morgan fingerprint density at radius 2 is 1.96 bits per heavy atom. The van der Waals surface area contributed by atoms with Gasteiger partial charge in [0.25, 0.3) is 0 Å². The van der Waals surface area contributed by atoms with Gasteiger partial charge in [-0.05, 0) is 31.5 Å². The van der Waals surface area contributed by atoms with Crippen molar-refractivity contribution in [2.45, 2.75) is 27.4 Å². The number of oxime groups is 1. The van der Waals surface area contributed by atoms with Gasteiger partial charge in [0.1, 0.15) is 5.75 Å². The van der Waals surface area contributed by atoms with Crippen LogP contribution in [0.25, 0.3) is 0 Å². The number of rotatable bonds is 6. The molecule has 0 saturated heterocycles. The summed E-state index contributed by atoms with van der Waals surface area (Å²) >= 11 is 0. The van der Waals surface area contributed by atoms with Crippen molar-refractivity contribution in [2.24, 2.45) is 5.16 Å². The van der Waals surface area contributed by atoms with Crippen LogP contribution in [0.3, 0.4) is 0 Å². The first-order chi connectivity index (χ1) is 11.5. The topological polar surface area (TPSA) is 72.8 Å². The summed E-state index contributed by atoms with van der Waals surface area (Å²) in [4.78, 5) is 20.7. The van der Waals surface area contributed by atoms with Crippen LogP contribution in [0.5, 0.6) is 5.75 Å². The van der Waals surface area contributed by atoms with Crippen molar-refractivity contribution in [3.8, 4) is 5.75 Å². The Balaban J connectivity index is 1.97. The molecule has 0 aliphatic heterocycles. The third kappa shape index (κ3) is 4.81. The molecule has 0 atom stereocenters. The first-order valence-corrected chi connectivity index (χ1v) is 7.53. The van der Waals surface area contributed by atoms with Gasteiger partial charge >= 0.3 is 0 Å². The molecule has 1 N–H and O–H groups in total. The summed E-state index contributed by atoms with van der Waals surface area (Å²) < 4.78 is 5.26. The maximum absolute atomic E-state index is 11.0. The van der Waals surface area contributed by atoms with Gasteiger partial charge in [-0.25, -0.2) is 0 Å². The number of nitrogens with one attached hydrogen (secondary N) is 1. The zero-order valence-electron chi connectivity index (χ0n) is 14.3. The van der Waals surface area contributed by atoms with Crippen molar-refractivity contribution in [1.29, 1.82) is 0 Å². The Kier molecular flexibility index (Phi) is 5.89. The number of ether oxygens (including phenoxy) is 1. The van der Waals surface area contributed by atoms with Crippen LogP contribution in [0.4, 0.5) is 5.69 Å². The van der Waals surface area contributed by atoms with E-state index in [9.17, 15) is 4.79 Å². The molecule has 0 spiro atoms. The molecular weight excluding hydrogens is 306 g/mol. The van der Waals surface area contributed by atoms with Crippen molar-refractivity contribution < 1.29 is 14.4 Å². The maximum Gasteiger partial charge on any atom is 0.221 e. The summed E-state index contributed by atoms with van der Waals surface area (Å²) in [6.07, 6.45) is 1.74. The minimum Gasteiger partial charge on any atom is -0.496 e. The van der Waals surface area contributed by atoms with E-state index in [1.54, 1.807) is 13.3 Å². The molecule has 24 heavy (non-hydrogen) atoms. The maximum atomic E-state index is 11.0. The number of nitrogens with zero attached hydrogens (tertiary/aromatic N) is 2. The number of aryl methyl sites for hydroxylation is 1. The quantitative estimate of drug-likeness (QED) is 0.652. The number of carbonyl (C=O) groups excluding carboxylic acids is 1. The lowest BCUT2D eigenvalue weighted by molar-refractivity contribution is -0.114. The molecule has 1 aromatic heterocycles. The van der Waals surface area contributed by atoms with Crippen LogP contribution in [0.15, 0.2) is 41.7 Å². The lowest BCUT2D eigenvalue weighted by Crippen LogP contribution is -2.06. The lowest BCUT2D eigenvalue weighted by atomic mass is 10.1. The number of pyridine rings is 1. The van der Waals surface area contributed by atoms with Crippen molar-refractivity contribution in [3.63, 3.8) is 0 Å². The number of amides is 1. The molecule has 0 fully saturated rings. The normalized spacial score (nSPS) is 11.1. The van der Waals surface area contributed by atoms with Crippen LogP contribution in [-0.4, -0.2) is 23.7 Å². The van der Waals surface area contributed by atoms with Crippen molar-refractivity contribution >= 4 is 17.3 Å². The fraction of sp³-hybridized carbons (Fsp3) is 0.278. The summed E-state index contributed by atoms with van der Waals surface area (Å²) in [7, 11) is 1.62. The van der Waals surface area contributed by atoms with E-state index in [0.29, 0.717) is 0 Å². The summed E-state index contributed by atoms with van der Waals surface area (Å²) in [5.74, 6) is 0.676. The number of benzene rings is 1. The van der Waals surface area contributed by atoms with Crippen LogP contribution in [-0.2, 0) is 16.2 Å². The second-order valence-electron chi connectivity index (χ2n) is 5.35. The van der Waals surface area contributed by atoms with Gasteiger partial charge in [0.15, 0.2) is 6.61 Å². The summed E-state index contributed by atoms with van der Waals surface area (Å²) in [6.45, 7) is 5.53. The highest BCUT2D eigenvalue weighted by Gasteiger charge is 2.03. The molecule has 0 unspecified atom stereocenters. The summed E-state index contributed by atoms with van der Waals surface area (Å²) in [5.41, 5.74) is 4.12. The fourth-order valence-corrected chi connectivity index (χ4v) is 2.09. The Morgan fingerprint density at radius 1 is 1.25 bits per heavy atom. The fourth-order valence-electron chi connectivity index (χ4n) is 2.09. The van der Waals surface area contributed by atoms with Crippen LogP contribution in [0.1, 0.15) is 30.7 Å². The number of methoxy groups -OCH3 is 1.